The third kappa shape index (κ3) is 9.86. The summed E-state index contributed by atoms with van der Waals surface area (Å²) in [5, 5.41) is 5.45. The van der Waals surface area contributed by atoms with Gasteiger partial charge in [-0.25, -0.2) is 0 Å². The molecule has 1 fully saturated rings. The zero-order chi connectivity index (χ0) is 27.9. The van der Waals surface area contributed by atoms with Gasteiger partial charge in [0, 0.05) is 9.52 Å². The van der Waals surface area contributed by atoms with Crippen molar-refractivity contribution in [2.45, 2.75) is 70.9 Å². The summed E-state index contributed by atoms with van der Waals surface area (Å²) in [7, 11) is 11.0. The molecule has 0 aliphatic heterocycles. The van der Waals surface area contributed by atoms with Crippen molar-refractivity contribution in [2.24, 2.45) is 0 Å². The fourth-order valence-corrected chi connectivity index (χ4v) is 5.42. The van der Waals surface area contributed by atoms with Gasteiger partial charge in [-0.1, -0.05) is 87.7 Å². The molecule has 0 nitrogen and oxygen atoms in total. The predicted octanol–water partition coefficient (Wildman–Crippen LogP) is 11.9. The van der Waals surface area contributed by atoms with Crippen molar-refractivity contribution in [3.8, 4) is 11.1 Å². The number of halogens is 2. The van der Waals surface area contributed by atoms with E-state index in [4.69, 9.17) is 17.0 Å². The van der Waals surface area contributed by atoms with Crippen molar-refractivity contribution in [1.82, 2.24) is 0 Å². The third-order valence-electron chi connectivity index (χ3n) is 7.19. The van der Waals surface area contributed by atoms with Gasteiger partial charge in [0.05, 0.1) is 0 Å². The van der Waals surface area contributed by atoms with E-state index in [2.05, 4.69) is 117 Å². The second-order valence-electron chi connectivity index (χ2n) is 10.1. The number of rotatable bonds is 4. The van der Waals surface area contributed by atoms with Crippen LogP contribution in [-0.2, 0) is 27.3 Å². The van der Waals surface area contributed by atoms with E-state index in [1.807, 2.05) is 0 Å². The molecular formula is C35H40Cl2SiZr. The fraction of sp³-hybridized carbons (Fsp3) is 0.314. The number of benzene rings is 3. The molecule has 6 rings (SSSR count). The number of hydrogen-bond acceptors (Lipinski definition) is 0. The van der Waals surface area contributed by atoms with Crippen LogP contribution in [-0.4, -0.2) is 9.52 Å². The van der Waals surface area contributed by atoms with Gasteiger partial charge in [-0.3, -0.25) is 0 Å². The Bertz CT molecular complexity index is 1310. The standard InChI is InChI=1S/C24H27.C9H7.C2H6Si.2ClH.Zr/c1-2-7-18-16-22-10-6-11-23(24(22)17-18)21-14-12-20(13-15-21)19-8-4-3-5-9-19;1-2-5-9-7-3-6-8(9)4-1;1-3-2;;;/h6,10-17,19H,2-5,7-9H2,1H3;1-7H;1-2H3;2*1H;/q2*-1;;;;+4/p-2. The summed E-state index contributed by atoms with van der Waals surface area (Å²) in [5.74, 6) is 0.790. The van der Waals surface area contributed by atoms with E-state index in [1.54, 1.807) is 5.56 Å². The van der Waals surface area contributed by atoms with Crippen LogP contribution in [0.3, 0.4) is 0 Å². The Morgan fingerprint density at radius 3 is 2.18 bits per heavy atom. The maximum Gasteiger partial charge on any atom is -0.0809 e. The summed E-state index contributed by atoms with van der Waals surface area (Å²) >= 11 is -0.826. The van der Waals surface area contributed by atoms with E-state index in [9.17, 15) is 0 Å². The number of fused-ring (bicyclic) bond motifs is 2. The molecule has 1 aliphatic carbocycles. The third-order valence-corrected chi connectivity index (χ3v) is 7.19. The van der Waals surface area contributed by atoms with Crippen LogP contribution in [0.25, 0.3) is 32.7 Å². The SMILES string of the molecule is CCCc1cc2c(-c3ccc(C4CCCCC4)cc3)cccc2[cH-]1.C[Si]C.[Cl][Zr+2][Cl].c1ccc2[cH-]ccc2c1. The van der Waals surface area contributed by atoms with Crippen LogP contribution in [0.4, 0.5) is 0 Å². The molecule has 202 valence electrons. The van der Waals surface area contributed by atoms with Crippen LogP contribution in [0.5, 0.6) is 0 Å². The van der Waals surface area contributed by atoms with Crippen molar-refractivity contribution >= 4 is 48.1 Å². The molecule has 2 radical (unpaired) electrons. The van der Waals surface area contributed by atoms with Crippen LogP contribution in [0.1, 0.15) is 62.5 Å². The first-order chi connectivity index (χ1) is 19.1. The average Bonchev–Trinajstić information content (AvgIpc) is 3.62. The van der Waals surface area contributed by atoms with Gasteiger partial charge in [0.25, 0.3) is 0 Å². The van der Waals surface area contributed by atoms with Gasteiger partial charge in [-0.15, -0.1) is 64.2 Å². The van der Waals surface area contributed by atoms with Gasteiger partial charge in [0.15, 0.2) is 0 Å². The minimum Gasteiger partial charge on any atom is -0.168 e. The predicted molar refractivity (Wildman–Crippen MR) is 174 cm³/mol. The van der Waals surface area contributed by atoms with E-state index in [0.717, 1.165) is 15.4 Å². The van der Waals surface area contributed by atoms with Crippen LogP contribution in [0.2, 0.25) is 13.1 Å². The van der Waals surface area contributed by atoms with Crippen molar-refractivity contribution in [2.75, 3.05) is 0 Å². The van der Waals surface area contributed by atoms with Gasteiger partial charge in [0.2, 0.25) is 0 Å². The summed E-state index contributed by atoms with van der Waals surface area (Å²) in [5.41, 5.74) is 5.75. The monoisotopic (exact) mass is 648 g/mol. The van der Waals surface area contributed by atoms with E-state index >= 15 is 0 Å². The molecule has 0 aromatic heterocycles. The molecule has 39 heavy (non-hydrogen) atoms. The van der Waals surface area contributed by atoms with E-state index in [-0.39, 0.29) is 0 Å². The average molecular weight is 651 g/mol. The van der Waals surface area contributed by atoms with Gasteiger partial charge in [0.1, 0.15) is 0 Å². The fourth-order valence-electron chi connectivity index (χ4n) is 5.42. The number of hydrogen-bond donors (Lipinski definition) is 0. The van der Waals surface area contributed by atoms with Gasteiger partial charge < -0.3 is 0 Å². The molecular weight excluding hydrogens is 611 g/mol. The second kappa shape index (κ2) is 18.1. The molecule has 0 atom stereocenters. The summed E-state index contributed by atoms with van der Waals surface area (Å²) in [4.78, 5) is 0. The molecule has 0 bridgehead atoms. The zero-order valence-electron chi connectivity index (χ0n) is 23.5. The Hall–Kier alpha value is -1.44. The molecule has 0 saturated heterocycles. The molecule has 5 aromatic rings. The molecule has 4 heteroatoms. The Kier molecular flexibility index (Phi) is 14.9. The van der Waals surface area contributed by atoms with Gasteiger partial charge in [-0.05, 0) is 36.3 Å². The minimum atomic E-state index is -0.826. The maximum absolute atomic E-state index is 4.93. The van der Waals surface area contributed by atoms with Crippen LogP contribution in [0, 0.1) is 0 Å². The minimum absolute atomic E-state index is 0.790. The Balaban J connectivity index is 0.000000230. The second-order valence-corrected chi connectivity index (χ2v) is 14.8. The molecule has 0 amide bonds. The summed E-state index contributed by atoms with van der Waals surface area (Å²) in [6, 6.07) is 35.6. The largest absolute Gasteiger partial charge is 0.168 e. The van der Waals surface area contributed by atoms with Crippen molar-refractivity contribution in [1.29, 1.82) is 0 Å². The van der Waals surface area contributed by atoms with Crippen molar-refractivity contribution in [3.63, 3.8) is 0 Å². The van der Waals surface area contributed by atoms with E-state index < -0.39 is 20.8 Å². The molecule has 0 N–H and O–H groups in total. The Morgan fingerprint density at radius 1 is 0.846 bits per heavy atom. The van der Waals surface area contributed by atoms with Crippen LogP contribution in [0.15, 0.2) is 97.1 Å². The molecule has 5 aromatic carbocycles. The smallest absolute Gasteiger partial charge is 0.0809 e. The summed E-state index contributed by atoms with van der Waals surface area (Å²) < 4.78 is 0. The summed E-state index contributed by atoms with van der Waals surface area (Å²) in [6.45, 7) is 6.56. The molecule has 0 spiro atoms. The maximum atomic E-state index is 4.93. The molecule has 0 unspecified atom stereocenters. The molecule has 0 heterocycles. The first kappa shape index (κ1) is 32.1. The van der Waals surface area contributed by atoms with Crippen molar-refractivity contribution < 1.29 is 20.8 Å². The Labute approximate surface area is 257 Å². The molecule has 1 aliphatic rings. The van der Waals surface area contributed by atoms with Gasteiger partial charge >= 0.3 is 37.9 Å². The quantitative estimate of drug-likeness (QED) is 0.134. The number of aryl methyl sites for hydroxylation is 1. The molecule has 1 saturated carbocycles. The van der Waals surface area contributed by atoms with Crippen LogP contribution >= 0.6 is 17.0 Å². The normalized spacial score (nSPS) is 12.8. The first-order valence-electron chi connectivity index (χ1n) is 14.1. The topological polar surface area (TPSA) is 0 Å². The first-order valence-corrected chi connectivity index (χ1v) is 22.4. The Morgan fingerprint density at radius 2 is 1.51 bits per heavy atom. The van der Waals surface area contributed by atoms with E-state index in [0.29, 0.717) is 0 Å². The van der Waals surface area contributed by atoms with Crippen molar-refractivity contribution in [3.05, 3.63) is 108 Å². The zero-order valence-corrected chi connectivity index (χ0v) is 28.5. The summed E-state index contributed by atoms with van der Waals surface area (Å²) in [6.07, 6.45) is 9.36. The van der Waals surface area contributed by atoms with Gasteiger partial charge in [-0.2, -0.15) is 23.6 Å². The van der Waals surface area contributed by atoms with E-state index in [1.165, 1.54) is 83.2 Å². The van der Waals surface area contributed by atoms with Crippen LogP contribution < -0.4 is 0 Å².